The molecule has 4 atom stereocenters. The fourth-order valence-electron chi connectivity index (χ4n) is 4.09. The third-order valence-corrected chi connectivity index (χ3v) is 7.31. The summed E-state index contributed by atoms with van der Waals surface area (Å²) in [5.74, 6) is -3.27. The minimum Gasteiger partial charge on any atom is -0.597 e. The molecule has 11 nitrogen and oxygen atoms in total. The Morgan fingerprint density at radius 1 is 1.08 bits per heavy atom. The van der Waals surface area contributed by atoms with Crippen LogP contribution in [0.25, 0.3) is 0 Å². The van der Waals surface area contributed by atoms with Gasteiger partial charge in [0, 0.05) is 0 Å². The van der Waals surface area contributed by atoms with Crippen molar-refractivity contribution in [1.29, 1.82) is 0 Å². The Bertz CT molecular complexity index is 1270. The van der Waals surface area contributed by atoms with Gasteiger partial charge in [-0.15, -0.1) is 0 Å². The zero-order valence-electron chi connectivity index (χ0n) is 20.0. The lowest BCUT2D eigenvalue weighted by Gasteiger charge is -2.47. The maximum absolute atomic E-state index is 13.0. The number of benzene rings is 2. The first-order valence-electron chi connectivity index (χ1n) is 11.2. The van der Waals surface area contributed by atoms with Gasteiger partial charge in [-0.3, -0.25) is 24.1 Å². The first kappa shape index (κ1) is 27.2. The first-order valence-corrected chi connectivity index (χ1v) is 13.3. The van der Waals surface area contributed by atoms with Gasteiger partial charge in [0.15, 0.2) is 36.1 Å². The molecular formula is C25H22ClN3O8S. The molecule has 0 aliphatic carbocycles. The molecule has 2 heterocycles. The van der Waals surface area contributed by atoms with Crippen molar-refractivity contribution in [2.24, 2.45) is 0 Å². The van der Waals surface area contributed by atoms with Crippen LogP contribution in [0.2, 0.25) is 0 Å². The summed E-state index contributed by atoms with van der Waals surface area (Å²) in [6.45, 7) is 4.03. The van der Waals surface area contributed by atoms with Crippen LogP contribution in [0.1, 0.15) is 27.6 Å². The van der Waals surface area contributed by atoms with Crippen LogP contribution in [0, 0.1) is 0 Å². The molecule has 13 heteroatoms. The van der Waals surface area contributed by atoms with Crippen LogP contribution in [0.4, 0.5) is 0 Å². The van der Waals surface area contributed by atoms with E-state index in [1.165, 1.54) is 19.1 Å². The predicted molar refractivity (Wildman–Crippen MR) is 135 cm³/mol. The summed E-state index contributed by atoms with van der Waals surface area (Å²) in [6, 6.07) is 11.9. The van der Waals surface area contributed by atoms with Crippen molar-refractivity contribution in [3.8, 4) is 5.75 Å². The molecule has 2 aromatic rings. The number of hydrogen-bond donors (Lipinski definition) is 1. The lowest BCUT2D eigenvalue weighted by Crippen LogP contribution is -2.76. The molecule has 1 fully saturated rings. The molecule has 2 aromatic carbocycles. The molecular weight excluding hydrogens is 538 g/mol. The lowest BCUT2D eigenvalue weighted by molar-refractivity contribution is -0.164. The predicted octanol–water partition coefficient (Wildman–Crippen LogP) is 1.36. The average Bonchev–Trinajstić information content (AvgIpc) is 3.14. The van der Waals surface area contributed by atoms with Crippen molar-refractivity contribution < 1.29 is 38.0 Å². The van der Waals surface area contributed by atoms with Crippen molar-refractivity contribution >= 4 is 50.7 Å². The van der Waals surface area contributed by atoms with Gasteiger partial charge in [0.2, 0.25) is 5.37 Å². The molecule has 0 bridgehead atoms. The van der Waals surface area contributed by atoms with E-state index in [2.05, 4.69) is 11.9 Å². The summed E-state index contributed by atoms with van der Waals surface area (Å²) in [4.78, 5) is 65.0. The van der Waals surface area contributed by atoms with Crippen LogP contribution in [0.15, 0.2) is 66.7 Å². The van der Waals surface area contributed by atoms with E-state index in [-0.39, 0.29) is 16.7 Å². The van der Waals surface area contributed by atoms with Gasteiger partial charge in [0.05, 0.1) is 21.5 Å². The highest BCUT2D eigenvalue weighted by Crippen LogP contribution is 2.33. The average molecular weight is 560 g/mol. The zero-order valence-corrected chi connectivity index (χ0v) is 21.6. The zero-order chi connectivity index (χ0) is 27.6. The highest BCUT2D eigenvalue weighted by atomic mass is 35.7. The summed E-state index contributed by atoms with van der Waals surface area (Å²) in [7, 11) is 3.63. The molecule has 4 unspecified atom stereocenters. The molecule has 2 aliphatic rings. The van der Waals surface area contributed by atoms with Gasteiger partial charge in [-0.2, -0.15) is 0 Å². The van der Waals surface area contributed by atoms with Gasteiger partial charge >= 0.3 is 5.97 Å². The number of rotatable bonds is 10. The Morgan fingerprint density at radius 2 is 1.66 bits per heavy atom. The van der Waals surface area contributed by atoms with Crippen LogP contribution < -0.4 is 10.1 Å². The smallest absolute Gasteiger partial charge is 0.335 e. The number of halogens is 1. The summed E-state index contributed by atoms with van der Waals surface area (Å²) in [6.07, 6.45) is 0. The van der Waals surface area contributed by atoms with E-state index >= 15 is 0 Å². The molecule has 2 aliphatic heterocycles. The second-order valence-corrected chi connectivity index (χ2v) is 10.3. The first-order chi connectivity index (χ1) is 18.1. The summed E-state index contributed by atoms with van der Waals surface area (Å²) in [5, 5.41) is 1.14. The van der Waals surface area contributed by atoms with Crippen LogP contribution in [-0.2, 0) is 29.5 Å². The Labute approximate surface area is 225 Å². The van der Waals surface area contributed by atoms with E-state index in [0.717, 1.165) is 9.80 Å². The summed E-state index contributed by atoms with van der Waals surface area (Å²) < 4.78 is 22.8. The number of ether oxygens (including phenoxy) is 2. The molecule has 4 rings (SSSR count). The molecule has 38 heavy (non-hydrogen) atoms. The van der Waals surface area contributed by atoms with Gasteiger partial charge in [-0.05, 0) is 36.8 Å². The fourth-order valence-corrected chi connectivity index (χ4v) is 5.46. The van der Waals surface area contributed by atoms with Crippen molar-refractivity contribution in [2.75, 3.05) is 13.3 Å². The van der Waals surface area contributed by atoms with Crippen molar-refractivity contribution in [2.45, 2.75) is 24.4 Å². The molecule has 0 radical (unpaired) electrons. The number of carbonyl (C=O) groups is 5. The minimum atomic E-state index is -2.20. The SMILES string of the molecule is C=C(C)C(C(=O)OCN1C(=O)c2ccccc2C1=O)N1C(=O)C(NC(=O)COc2ccccc2)C1[S+]([O-])Cl. The van der Waals surface area contributed by atoms with E-state index in [9.17, 15) is 28.5 Å². The summed E-state index contributed by atoms with van der Waals surface area (Å²) in [5.41, 5.74) is 0.501. The highest BCUT2D eigenvalue weighted by molar-refractivity contribution is 8.14. The van der Waals surface area contributed by atoms with Crippen molar-refractivity contribution in [1.82, 2.24) is 15.1 Å². The number of nitrogens with zero attached hydrogens (tertiary/aromatic N) is 2. The van der Waals surface area contributed by atoms with Crippen LogP contribution >= 0.6 is 10.7 Å². The van der Waals surface area contributed by atoms with Crippen LogP contribution in [0.3, 0.4) is 0 Å². The fraction of sp³-hybridized carbons (Fsp3) is 0.240. The standard InChI is InChI=1S/C25H22ClN3O8S/c1-14(2)20(25(34)37-13-28-21(31)16-10-6-7-11-17(16)22(28)32)29-23(33)19(24(29)38(26)35)27-18(30)12-36-15-8-4-3-5-9-15/h3-11,19-20,24H,1,12-13H2,2H3,(H,27,30). The summed E-state index contributed by atoms with van der Waals surface area (Å²) >= 11 is 0. The Kier molecular flexibility index (Phi) is 8.05. The minimum absolute atomic E-state index is 0.148. The van der Waals surface area contributed by atoms with Crippen molar-refractivity contribution in [3.05, 3.63) is 77.9 Å². The van der Waals surface area contributed by atoms with Crippen molar-refractivity contribution in [3.63, 3.8) is 0 Å². The van der Waals surface area contributed by atoms with E-state index < -0.39 is 70.8 Å². The lowest BCUT2D eigenvalue weighted by atomic mass is 9.99. The monoisotopic (exact) mass is 559 g/mol. The van der Waals surface area contributed by atoms with Crippen LogP contribution in [-0.4, -0.2) is 74.7 Å². The van der Waals surface area contributed by atoms with E-state index in [1.54, 1.807) is 42.5 Å². The Hall–Kier alpha value is -3.87. The van der Waals surface area contributed by atoms with Gasteiger partial charge < -0.3 is 19.3 Å². The quantitative estimate of drug-likeness (QED) is 0.151. The number of nitrogens with one attached hydrogen (secondary N) is 1. The molecule has 198 valence electrons. The molecule has 0 saturated carbocycles. The third kappa shape index (κ3) is 5.23. The number of esters is 1. The van der Waals surface area contributed by atoms with Gasteiger partial charge in [-0.1, -0.05) is 36.9 Å². The largest absolute Gasteiger partial charge is 0.597 e. The number of para-hydroxylation sites is 1. The number of β-lactam (4-membered cyclic amide) rings is 1. The highest BCUT2D eigenvalue weighted by Gasteiger charge is 2.60. The van der Waals surface area contributed by atoms with E-state index in [1.807, 2.05) is 0 Å². The second-order valence-electron chi connectivity index (χ2n) is 8.46. The Morgan fingerprint density at radius 3 is 2.21 bits per heavy atom. The molecule has 1 N–H and O–H groups in total. The maximum Gasteiger partial charge on any atom is 0.335 e. The second kappa shape index (κ2) is 11.3. The van der Waals surface area contributed by atoms with Gasteiger partial charge in [0.1, 0.15) is 5.75 Å². The maximum atomic E-state index is 13.0. The van der Waals surface area contributed by atoms with Crippen LogP contribution in [0.5, 0.6) is 5.75 Å². The number of amides is 4. The topological polar surface area (TPSA) is 145 Å². The van der Waals surface area contributed by atoms with E-state index in [0.29, 0.717) is 5.75 Å². The molecule has 0 spiro atoms. The number of carbonyl (C=O) groups excluding carboxylic acids is 5. The van der Waals surface area contributed by atoms with Gasteiger partial charge in [0.25, 0.3) is 23.6 Å². The Balaban J connectivity index is 1.40. The molecule has 1 saturated heterocycles. The molecule has 0 aromatic heterocycles. The number of fused-ring (bicyclic) bond motifs is 1. The normalized spacial score (nSPS) is 19.8. The molecule has 4 amide bonds. The van der Waals surface area contributed by atoms with Gasteiger partial charge in [-0.25, -0.2) is 9.69 Å². The number of likely N-dealkylation sites (tertiary alicyclic amines) is 1. The number of hydrogen-bond acceptors (Lipinski definition) is 8. The van der Waals surface area contributed by atoms with E-state index in [4.69, 9.17) is 20.2 Å². The number of imide groups is 1. The third-order valence-electron chi connectivity index (χ3n) is 5.88.